The Balaban J connectivity index is 1.50. The summed E-state index contributed by atoms with van der Waals surface area (Å²) < 4.78 is 6.47. The average molecular weight is 357 g/mol. The molecule has 7 heteroatoms. The summed E-state index contributed by atoms with van der Waals surface area (Å²) in [5, 5.41) is 0.514. The van der Waals surface area contributed by atoms with Gasteiger partial charge in [0.1, 0.15) is 0 Å². The number of hydrogen-bond donors (Lipinski definition) is 0. The molecule has 0 aliphatic carbocycles. The molecule has 1 aliphatic rings. The molecule has 7 nitrogen and oxygen atoms in total. The molecule has 0 radical (unpaired) electrons. The Kier molecular flexibility index (Phi) is 5.99. The summed E-state index contributed by atoms with van der Waals surface area (Å²) in [7, 11) is 0. The van der Waals surface area contributed by atoms with Crippen molar-refractivity contribution in [3.8, 4) is 0 Å². The van der Waals surface area contributed by atoms with E-state index >= 15 is 0 Å². The first kappa shape index (κ1) is 18.1. The third-order valence-electron chi connectivity index (χ3n) is 4.60. The zero-order valence-corrected chi connectivity index (χ0v) is 14.7. The van der Waals surface area contributed by atoms with Crippen LogP contribution in [0.4, 0.5) is 0 Å². The van der Waals surface area contributed by atoms with Gasteiger partial charge < -0.3 is 9.64 Å². The van der Waals surface area contributed by atoms with Crippen LogP contribution in [0.1, 0.15) is 32.1 Å². The fourth-order valence-electron chi connectivity index (χ4n) is 3.10. The molecule has 1 aromatic heterocycles. The minimum absolute atomic E-state index is 0.0210. The molecule has 0 unspecified atom stereocenters. The van der Waals surface area contributed by atoms with Gasteiger partial charge in [0, 0.05) is 19.6 Å². The van der Waals surface area contributed by atoms with Crippen LogP contribution in [-0.2, 0) is 20.9 Å². The van der Waals surface area contributed by atoms with Crippen molar-refractivity contribution in [3.05, 3.63) is 40.9 Å². The maximum Gasteiger partial charge on any atom is 0.308 e. The van der Waals surface area contributed by atoms with E-state index < -0.39 is 5.97 Å². The normalized spacial score (nSPS) is 14.8. The number of hydrogen-bond acceptors (Lipinski definition) is 5. The molecule has 0 N–H and O–H groups in total. The van der Waals surface area contributed by atoms with Gasteiger partial charge in [0.15, 0.2) is 6.61 Å². The minimum Gasteiger partial charge on any atom is -0.456 e. The molecule has 26 heavy (non-hydrogen) atoms. The lowest BCUT2D eigenvalue weighted by molar-refractivity contribution is -0.152. The SMILES string of the molecule is O=C(CCn1cnc2ccccc2c1=O)OCC(=O)N1CCCCCC1. The summed E-state index contributed by atoms with van der Waals surface area (Å²) in [6.07, 6.45) is 5.72. The van der Waals surface area contributed by atoms with Crippen molar-refractivity contribution < 1.29 is 14.3 Å². The fraction of sp³-hybridized carbons (Fsp3) is 0.474. The van der Waals surface area contributed by atoms with Crippen molar-refractivity contribution in [1.29, 1.82) is 0 Å². The summed E-state index contributed by atoms with van der Waals surface area (Å²) >= 11 is 0. The predicted molar refractivity (Wildman–Crippen MR) is 96.6 cm³/mol. The van der Waals surface area contributed by atoms with Gasteiger partial charge in [-0.1, -0.05) is 25.0 Å². The summed E-state index contributed by atoms with van der Waals surface area (Å²) in [5.74, 6) is -0.641. The number of carbonyl (C=O) groups excluding carboxylic acids is 2. The smallest absolute Gasteiger partial charge is 0.308 e. The van der Waals surface area contributed by atoms with E-state index in [4.69, 9.17) is 4.74 Å². The molecule has 2 heterocycles. The molecular weight excluding hydrogens is 334 g/mol. The number of fused-ring (bicyclic) bond motifs is 1. The number of rotatable bonds is 5. The molecule has 1 amide bonds. The molecule has 0 atom stereocenters. The number of aromatic nitrogens is 2. The van der Waals surface area contributed by atoms with E-state index in [-0.39, 0.29) is 31.0 Å². The number of ether oxygens (including phenoxy) is 1. The van der Waals surface area contributed by atoms with E-state index in [0.717, 1.165) is 38.8 Å². The Morgan fingerprint density at radius 3 is 2.58 bits per heavy atom. The van der Waals surface area contributed by atoms with Crippen molar-refractivity contribution in [2.24, 2.45) is 0 Å². The molecule has 0 spiro atoms. The largest absolute Gasteiger partial charge is 0.456 e. The van der Waals surface area contributed by atoms with E-state index in [9.17, 15) is 14.4 Å². The lowest BCUT2D eigenvalue weighted by Gasteiger charge is -2.19. The van der Waals surface area contributed by atoms with E-state index in [1.807, 2.05) is 6.07 Å². The van der Waals surface area contributed by atoms with E-state index in [1.165, 1.54) is 10.9 Å². The molecule has 138 valence electrons. The minimum atomic E-state index is -0.492. The van der Waals surface area contributed by atoms with Crippen LogP contribution in [-0.4, -0.2) is 46.0 Å². The number of esters is 1. The van der Waals surface area contributed by atoms with Crippen LogP contribution < -0.4 is 5.56 Å². The van der Waals surface area contributed by atoms with Gasteiger partial charge in [-0.3, -0.25) is 19.0 Å². The summed E-state index contributed by atoms with van der Waals surface area (Å²) in [4.78, 5) is 42.4. The van der Waals surface area contributed by atoms with Gasteiger partial charge in [0.05, 0.1) is 23.7 Å². The first-order chi connectivity index (χ1) is 12.6. The highest BCUT2D eigenvalue weighted by molar-refractivity contribution is 5.80. The number of amides is 1. The van der Waals surface area contributed by atoms with Gasteiger partial charge in [-0.25, -0.2) is 4.98 Å². The number of nitrogens with zero attached hydrogens (tertiary/aromatic N) is 3. The lowest BCUT2D eigenvalue weighted by atomic mass is 10.2. The molecule has 0 bridgehead atoms. The molecule has 0 saturated carbocycles. The molecule has 2 aromatic rings. The number of para-hydroxylation sites is 1. The Morgan fingerprint density at radius 1 is 1.08 bits per heavy atom. The first-order valence-electron chi connectivity index (χ1n) is 9.03. The summed E-state index contributed by atoms with van der Waals surface area (Å²) in [6, 6.07) is 7.07. The third-order valence-corrected chi connectivity index (χ3v) is 4.60. The van der Waals surface area contributed by atoms with Crippen molar-refractivity contribution in [2.75, 3.05) is 19.7 Å². The van der Waals surface area contributed by atoms with Crippen LogP contribution in [0, 0.1) is 0 Å². The molecule has 1 aromatic carbocycles. The highest BCUT2D eigenvalue weighted by atomic mass is 16.5. The van der Waals surface area contributed by atoms with Gasteiger partial charge in [-0.15, -0.1) is 0 Å². The van der Waals surface area contributed by atoms with E-state index in [0.29, 0.717) is 10.9 Å². The quantitative estimate of drug-likeness (QED) is 0.761. The maximum absolute atomic E-state index is 12.4. The monoisotopic (exact) mass is 357 g/mol. The van der Waals surface area contributed by atoms with Crippen LogP contribution in [0.25, 0.3) is 10.9 Å². The van der Waals surface area contributed by atoms with Crippen molar-refractivity contribution in [3.63, 3.8) is 0 Å². The van der Waals surface area contributed by atoms with Gasteiger partial charge >= 0.3 is 5.97 Å². The fourth-order valence-corrected chi connectivity index (χ4v) is 3.10. The predicted octanol–water partition coefficient (Wildman–Crippen LogP) is 1.73. The van der Waals surface area contributed by atoms with Crippen molar-refractivity contribution in [1.82, 2.24) is 14.5 Å². The topological polar surface area (TPSA) is 81.5 Å². The van der Waals surface area contributed by atoms with Crippen molar-refractivity contribution in [2.45, 2.75) is 38.6 Å². The average Bonchev–Trinajstić information content (AvgIpc) is 2.95. The standard InChI is InChI=1S/C19H23N3O4/c23-17(21-10-5-1-2-6-11-21)13-26-18(24)9-12-22-14-20-16-8-4-3-7-15(16)19(22)25/h3-4,7-8,14H,1-2,5-6,9-13H2. The van der Waals surface area contributed by atoms with E-state index in [2.05, 4.69) is 4.98 Å². The summed E-state index contributed by atoms with van der Waals surface area (Å²) in [6.45, 7) is 1.40. The van der Waals surface area contributed by atoms with Gasteiger partial charge in [-0.2, -0.15) is 0 Å². The molecular formula is C19H23N3O4. The van der Waals surface area contributed by atoms with Crippen LogP contribution >= 0.6 is 0 Å². The molecule has 1 saturated heterocycles. The van der Waals surface area contributed by atoms with Gasteiger partial charge in [0.2, 0.25) is 0 Å². The molecule has 3 rings (SSSR count). The Labute approximate surface area is 151 Å². The first-order valence-corrected chi connectivity index (χ1v) is 9.03. The van der Waals surface area contributed by atoms with Crippen LogP contribution in [0.5, 0.6) is 0 Å². The van der Waals surface area contributed by atoms with Crippen LogP contribution in [0.15, 0.2) is 35.4 Å². The zero-order valence-electron chi connectivity index (χ0n) is 14.7. The third kappa shape index (κ3) is 4.47. The number of likely N-dealkylation sites (tertiary alicyclic amines) is 1. The Bertz CT molecular complexity index is 838. The summed E-state index contributed by atoms with van der Waals surface area (Å²) in [5.41, 5.74) is 0.434. The second-order valence-electron chi connectivity index (χ2n) is 6.47. The second-order valence-corrected chi connectivity index (χ2v) is 6.47. The molecule has 1 fully saturated rings. The van der Waals surface area contributed by atoms with Crippen molar-refractivity contribution >= 4 is 22.8 Å². The maximum atomic E-state index is 12.4. The highest BCUT2D eigenvalue weighted by Gasteiger charge is 2.17. The lowest BCUT2D eigenvalue weighted by Crippen LogP contribution is -2.35. The van der Waals surface area contributed by atoms with Crippen LogP contribution in [0.3, 0.4) is 0 Å². The molecule has 1 aliphatic heterocycles. The number of aryl methyl sites for hydroxylation is 1. The van der Waals surface area contributed by atoms with Gasteiger partial charge in [-0.05, 0) is 25.0 Å². The Hall–Kier alpha value is -2.70. The number of benzene rings is 1. The van der Waals surface area contributed by atoms with Gasteiger partial charge in [0.25, 0.3) is 11.5 Å². The van der Waals surface area contributed by atoms with Crippen LogP contribution in [0.2, 0.25) is 0 Å². The second kappa shape index (κ2) is 8.60. The zero-order chi connectivity index (χ0) is 18.4. The Morgan fingerprint density at radius 2 is 1.81 bits per heavy atom. The number of carbonyl (C=O) groups is 2. The van der Waals surface area contributed by atoms with E-state index in [1.54, 1.807) is 23.1 Å². The highest BCUT2D eigenvalue weighted by Crippen LogP contribution is 2.10.